The molecule has 2 heterocycles. The predicted octanol–water partition coefficient (Wildman–Crippen LogP) is 4.22. The molecule has 1 aliphatic rings. The van der Waals surface area contributed by atoms with Gasteiger partial charge in [0.05, 0.1) is 30.6 Å². The van der Waals surface area contributed by atoms with Gasteiger partial charge in [0.2, 0.25) is 5.91 Å². The minimum atomic E-state index is -0.882. The molecule has 0 radical (unpaired) electrons. The Morgan fingerprint density at radius 1 is 1.14 bits per heavy atom. The second-order valence-electron chi connectivity index (χ2n) is 9.56. The maximum atomic E-state index is 12.9. The third-order valence-electron chi connectivity index (χ3n) is 5.43. The first-order chi connectivity index (χ1) is 16.4. The van der Waals surface area contributed by atoms with E-state index in [9.17, 15) is 19.5 Å². The lowest BCUT2D eigenvalue weighted by Gasteiger charge is -2.26. The van der Waals surface area contributed by atoms with Crippen LogP contribution in [0, 0.1) is 5.92 Å². The third-order valence-corrected chi connectivity index (χ3v) is 5.43. The number of alkyl carbamates (subject to hydrolysis) is 1. The predicted molar refractivity (Wildman–Crippen MR) is 131 cm³/mol. The zero-order chi connectivity index (χ0) is 25.8. The number of nitrogens with zero attached hydrogens (tertiary/aromatic N) is 1. The number of aromatic nitrogens is 1. The number of nitrogens with one attached hydrogen (secondary N) is 3. The number of fused-ring (bicyclic) bond motifs is 4. The Bertz CT molecular complexity index is 1100. The van der Waals surface area contributed by atoms with Crippen LogP contribution in [0.5, 0.6) is 0 Å². The van der Waals surface area contributed by atoms with Crippen molar-refractivity contribution in [1.82, 2.24) is 10.3 Å². The summed E-state index contributed by atoms with van der Waals surface area (Å²) >= 11 is 0. The molecule has 2 aromatic rings. The van der Waals surface area contributed by atoms with E-state index in [1.165, 1.54) is 7.11 Å². The van der Waals surface area contributed by atoms with Gasteiger partial charge in [-0.1, -0.05) is 13.0 Å². The zero-order valence-corrected chi connectivity index (χ0v) is 20.5. The molecule has 0 saturated carbocycles. The molecule has 3 amide bonds. The fourth-order valence-corrected chi connectivity index (χ4v) is 3.80. The molecule has 10 nitrogen and oxygen atoms in total. The molecule has 4 N–H and O–H groups in total. The number of carbonyl (C=O) groups excluding carboxylic acids is 3. The van der Waals surface area contributed by atoms with Crippen molar-refractivity contribution in [1.29, 1.82) is 0 Å². The van der Waals surface area contributed by atoms with Crippen molar-refractivity contribution >= 4 is 29.5 Å². The molecule has 10 heteroatoms. The van der Waals surface area contributed by atoms with Crippen LogP contribution < -0.4 is 16.0 Å². The molecule has 2 bridgehead atoms. The van der Waals surface area contributed by atoms with Crippen molar-refractivity contribution in [3.05, 3.63) is 42.2 Å². The fraction of sp³-hybridized carbons (Fsp3) is 0.440. The van der Waals surface area contributed by atoms with E-state index in [-0.39, 0.29) is 18.7 Å². The van der Waals surface area contributed by atoms with Crippen molar-refractivity contribution in [3.63, 3.8) is 0 Å². The highest BCUT2D eigenvalue weighted by Gasteiger charge is 2.27. The van der Waals surface area contributed by atoms with Crippen LogP contribution in [-0.4, -0.2) is 47.0 Å². The number of methoxy groups -OCH3 is 1. The minimum absolute atomic E-state index is 0.155. The average Bonchev–Trinajstić information content (AvgIpc) is 2.77. The van der Waals surface area contributed by atoms with Gasteiger partial charge in [-0.25, -0.2) is 9.59 Å². The van der Waals surface area contributed by atoms with Gasteiger partial charge < -0.3 is 25.2 Å². The topological polar surface area (TPSA) is 139 Å². The third kappa shape index (κ3) is 7.16. The molecule has 188 valence electrons. The Labute approximate surface area is 204 Å². The van der Waals surface area contributed by atoms with E-state index in [4.69, 9.17) is 4.74 Å². The van der Waals surface area contributed by atoms with Crippen molar-refractivity contribution < 1.29 is 29.0 Å². The zero-order valence-electron chi connectivity index (χ0n) is 20.5. The molecule has 35 heavy (non-hydrogen) atoms. The Kier molecular flexibility index (Phi) is 7.96. The summed E-state index contributed by atoms with van der Waals surface area (Å²) < 4.78 is 10.1. The fourth-order valence-electron chi connectivity index (χ4n) is 3.80. The van der Waals surface area contributed by atoms with E-state index in [2.05, 4.69) is 25.7 Å². The first-order valence-electron chi connectivity index (χ1n) is 11.4. The summed E-state index contributed by atoms with van der Waals surface area (Å²) in [7, 11) is 1.26. The molecular weight excluding hydrogens is 452 g/mol. The lowest BCUT2D eigenvalue weighted by Crippen LogP contribution is -2.37. The number of pyridine rings is 1. The standard InChI is InChI=1S/C25H32N4O6/c1-14-10-17(30)13-21(29-24(33)35-25(2,3)4)20-11-15(8-9-26-20)18-7-6-16(27-23(32)34-5)12-19(18)28-22(14)31/h6-9,11-12,14,17,21,30H,10,13H2,1-5H3,(H,27,32)(H,28,31)(H,29,33). The molecule has 3 rings (SSSR count). The second-order valence-corrected chi connectivity index (χ2v) is 9.56. The normalized spacial score (nSPS) is 20.3. The number of aliphatic hydroxyl groups excluding tert-OH is 1. The molecule has 0 aliphatic carbocycles. The number of aliphatic hydroxyl groups is 1. The summed E-state index contributed by atoms with van der Waals surface area (Å²) in [5.74, 6) is -0.810. The highest BCUT2D eigenvalue weighted by molar-refractivity contribution is 5.98. The van der Waals surface area contributed by atoms with Gasteiger partial charge in [0.25, 0.3) is 0 Å². The van der Waals surface area contributed by atoms with E-state index >= 15 is 0 Å². The highest BCUT2D eigenvalue weighted by Crippen LogP contribution is 2.34. The molecular formula is C25H32N4O6. The number of benzene rings is 1. The SMILES string of the molecule is COC(=O)Nc1ccc2c(c1)NC(=O)C(C)CC(O)CC(NC(=O)OC(C)(C)C)c1cc-2ccn1. The average molecular weight is 485 g/mol. The number of rotatable bonds is 2. The van der Waals surface area contributed by atoms with Crippen molar-refractivity contribution in [2.24, 2.45) is 5.92 Å². The van der Waals surface area contributed by atoms with Gasteiger partial charge in [0.1, 0.15) is 5.60 Å². The lowest BCUT2D eigenvalue weighted by molar-refractivity contribution is -0.120. The molecule has 0 fully saturated rings. The number of anilines is 2. The summed E-state index contributed by atoms with van der Waals surface area (Å²) in [6.07, 6.45) is -0.217. The van der Waals surface area contributed by atoms with E-state index in [1.807, 2.05) is 0 Å². The van der Waals surface area contributed by atoms with Gasteiger partial charge in [-0.3, -0.25) is 15.1 Å². The first kappa shape index (κ1) is 26.0. The van der Waals surface area contributed by atoms with Crippen LogP contribution in [0.2, 0.25) is 0 Å². The quantitative estimate of drug-likeness (QED) is 0.500. The van der Waals surface area contributed by atoms with Crippen molar-refractivity contribution in [2.75, 3.05) is 17.7 Å². The maximum absolute atomic E-state index is 12.9. The van der Waals surface area contributed by atoms with Crippen molar-refractivity contribution in [2.45, 2.75) is 58.3 Å². The molecule has 3 unspecified atom stereocenters. The Hall–Kier alpha value is -3.66. The number of carbonyl (C=O) groups is 3. The molecule has 0 saturated heterocycles. The van der Waals surface area contributed by atoms with E-state index in [0.29, 0.717) is 22.6 Å². The van der Waals surface area contributed by atoms with Gasteiger partial charge in [-0.2, -0.15) is 0 Å². The van der Waals surface area contributed by atoms with E-state index in [1.54, 1.807) is 64.2 Å². The summed E-state index contributed by atoms with van der Waals surface area (Å²) in [5, 5.41) is 19.0. The summed E-state index contributed by atoms with van der Waals surface area (Å²) in [4.78, 5) is 41.5. The Morgan fingerprint density at radius 3 is 2.57 bits per heavy atom. The lowest BCUT2D eigenvalue weighted by atomic mass is 9.94. The number of hydrogen-bond donors (Lipinski definition) is 4. The molecule has 3 atom stereocenters. The Balaban J connectivity index is 2.05. The van der Waals surface area contributed by atoms with Gasteiger partial charge in [0.15, 0.2) is 0 Å². The molecule has 1 aromatic carbocycles. The van der Waals surface area contributed by atoms with Gasteiger partial charge in [-0.15, -0.1) is 0 Å². The van der Waals surface area contributed by atoms with Crippen LogP contribution in [0.3, 0.4) is 0 Å². The minimum Gasteiger partial charge on any atom is -0.453 e. The summed E-state index contributed by atoms with van der Waals surface area (Å²) in [6.45, 7) is 7.01. The van der Waals surface area contributed by atoms with E-state index in [0.717, 1.165) is 5.56 Å². The first-order valence-corrected chi connectivity index (χ1v) is 11.4. The van der Waals surface area contributed by atoms with Crippen LogP contribution in [0.4, 0.5) is 21.0 Å². The maximum Gasteiger partial charge on any atom is 0.411 e. The van der Waals surface area contributed by atoms with Crippen LogP contribution in [0.25, 0.3) is 11.1 Å². The van der Waals surface area contributed by atoms with Crippen molar-refractivity contribution in [3.8, 4) is 11.1 Å². The number of hydrogen-bond acceptors (Lipinski definition) is 7. The van der Waals surface area contributed by atoms with Gasteiger partial charge in [0, 0.05) is 23.4 Å². The van der Waals surface area contributed by atoms with Crippen LogP contribution in [0.15, 0.2) is 36.5 Å². The van der Waals surface area contributed by atoms with Crippen LogP contribution in [-0.2, 0) is 14.3 Å². The summed E-state index contributed by atoms with van der Waals surface area (Å²) in [6, 6.07) is 8.02. The van der Waals surface area contributed by atoms with Gasteiger partial charge in [-0.05, 0) is 63.4 Å². The summed E-state index contributed by atoms with van der Waals surface area (Å²) in [5.41, 5.74) is 2.18. The monoisotopic (exact) mass is 484 g/mol. The van der Waals surface area contributed by atoms with Gasteiger partial charge >= 0.3 is 12.2 Å². The van der Waals surface area contributed by atoms with E-state index < -0.39 is 35.9 Å². The largest absolute Gasteiger partial charge is 0.453 e. The number of amides is 3. The molecule has 1 aliphatic heterocycles. The number of ether oxygens (including phenoxy) is 2. The van der Waals surface area contributed by atoms with Crippen LogP contribution >= 0.6 is 0 Å². The molecule has 0 spiro atoms. The van der Waals surface area contributed by atoms with Crippen LogP contribution in [0.1, 0.15) is 52.3 Å². The molecule has 1 aromatic heterocycles. The Morgan fingerprint density at radius 2 is 1.89 bits per heavy atom. The highest BCUT2D eigenvalue weighted by atomic mass is 16.6. The second kappa shape index (κ2) is 10.7. The smallest absolute Gasteiger partial charge is 0.411 e.